The van der Waals surface area contributed by atoms with E-state index in [0.717, 1.165) is 107 Å². The summed E-state index contributed by atoms with van der Waals surface area (Å²) in [5.74, 6) is 6.67. The Bertz CT molecular complexity index is 4190. The third kappa shape index (κ3) is 6.17. The lowest BCUT2D eigenvalue weighted by Gasteiger charge is -2.45. The first kappa shape index (κ1) is 42.1. The van der Waals surface area contributed by atoms with Gasteiger partial charge >= 0.3 is 0 Å². The quantitative estimate of drug-likeness (QED) is 0.155. The van der Waals surface area contributed by atoms with Crippen LogP contribution in [0.2, 0.25) is 0 Å². The van der Waals surface area contributed by atoms with Crippen molar-refractivity contribution in [2.24, 2.45) is 0 Å². The molecule has 0 saturated heterocycles. The second kappa shape index (κ2) is 15.8. The van der Waals surface area contributed by atoms with Gasteiger partial charge in [0, 0.05) is 44.8 Å². The summed E-state index contributed by atoms with van der Waals surface area (Å²) in [6.07, 6.45) is 0. The van der Waals surface area contributed by atoms with Crippen molar-refractivity contribution in [3.8, 4) is 57.1 Å². The second-order valence-electron chi connectivity index (χ2n) is 20.7. The number of rotatable bonds is 6. The number of anilines is 6. The van der Waals surface area contributed by atoms with Gasteiger partial charge in [0.05, 0.1) is 5.69 Å². The fourth-order valence-corrected chi connectivity index (χ4v) is 13.0. The molecule has 11 aromatic rings. The Morgan fingerprint density at radius 1 is 0.400 bits per heavy atom. The molecular formula is C67H44B2N2O4. The van der Waals surface area contributed by atoms with Gasteiger partial charge in [0.1, 0.15) is 46.0 Å². The van der Waals surface area contributed by atoms with Crippen molar-refractivity contribution in [2.75, 3.05) is 9.80 Å². The smallest absolute Gasteiger partial charge is 0.256 e. The van der Waals surface area contributed by atoms with E-state index >= 15 is 0 Å². The van der Waals surface area contributed by atoms with Gasteiger partial charge in [-0.15, -0.1) is 0 Å². The molecule has 0 radical (unpaired) electrons. The van der Waals surface area contributed by atoms with E-state index in [4.69, 9.17) is 18.9 Å². The van der Waals surface area contributed by atoms with Gasteiger partial charge in [-0.05, 0) is 164 Å². The Kier molecular flexibility index (Phi) is 8.88. The average molecular weight is 963 g/mol. The van der Waals surface area contributed by atoms with Gasteiger partial charge in [0.25, 0.3) is 13.4 Å². The molecule has 4 heterocycles. The highest BCUT2D eigenvalue weighted by Gasteiger charge is 2.50. The van der Waals surface area contributed by atoms with Crippen molar-refractivity contribution in [2.45, 2.75) is 19.3 Å². The fraction of sp³-hybridized carbons (Fsp3) is 0.0448. The summed E-state index contributed by atoms with van der Waals surface area (Å²) < 4.78 is 27.4. The van der Waals surface area contributed by atoms with Crippen LogP contribution in [0.5, 0.6) is 46.0 Å². The molecule has 1 aliphatic carbocycles. The molecule has 16 rings (SSSR count). The predicted octanol–water partition coefficient (Wildman–Crippen LogP) is 13.5. The van der Waals surface area contributed by atoms with Gasteiger partial charge in [0.2, 0.25) is 0 Å². The Hall–Kier alpha value is -9.39. The molecule has 11 aromatic carbocycles. The van der Waals surface area contributed by atoms with Crippen LogP contribution < -0.4 is 61.5 Å². The maximum absolute atomic E-state index is 7.40. The van der Waals surface area contributed by atoms with Crippen molar-refractivity contribution in [1.82, 2.24) is 0 Å². The Labute approximate surface area is 435 Å². The summed E-state index contributed by atoms with van der Waals surface area (Å²) in [5.41, 5.74) is 17.9. The van der Waals surface area contributed by atoms with E-state index < -0.39 is 5.41 Å². The van der Waals surface area contributed by atoms with Gasteiger partial charge in [-0.2, -0.15) is 0 Å². The first-order chi connectivity index (χ1) is 36.9. The molecule has 0 bridgehead atoms. The maximum Gasteiger partial charge on any atom is 0.256 e. The van der Waals surface area contributed by atoms with E-state index in [1.807, 2.05) is 60.7 Å². The number of nitrogens with zero attached hydrogens (tertiary/aromatic N) is 2. The first-order valence-corrected chi connectivity index (χ1v) is 25.8. The number of hydrogen-bond acceptors (Lipinski definition) is 6. The minimum Gasteiger partial charge on any atom is -0.458 e. The summed E-state index contributed by atoms with van der Waals surface area (Å²) in [6.45, 7) is 4.38. The predicted molar refractivity (Wildman–Crippen MR) is 306 cm³/mol. The Morgan fingerprint density at radius 3 is 1.61 bits per heavy atom. The molecule has 0 atom stereocenters. The SMILES string of the molecule is CC1(C)c2cc(Oc3ccccc3)ccc2-c2cc3c4c(c21)Oc1ccccc1B4c1cc2c(cc1N3c1ccccc1)N(c1ccccc1)c1c3c(cc4cc(Oc5ccccc5)ccc14)Oc1ccccc1B23. The van der Waals surface area contributed by atoms with Crippen LogP contribution in [0.15, 0.2) is 231 Å². The molecule has 0 saturated carbocycles. The number of hydrogen-bond donors (Lipinski definition) is 0. The molecule has 0 amide bonds. The summed E-state index contributed by atoms with van der Waals surface area (Å²) in [5, 5.41) is 2.14. The molecule has 8 heteroatoms. The molecule has 5 aliphatic rings. The van der Waals surface area contributed by atoms with Gasteiger partial charge in [-0.3, -0.25) is 0 Å². The largest absolute Gasteiger partial charge is 0.458 e. The summed E-state index contributed by atoms with van der Waals surface area (Å²) >= 11 is 0. The number of ether oxygens (including phenoxy) is 4. The van der Waals surface area contributed by atoms with Gasteiger partial charge in [-0.1, -0.05) is 135 Å². The Morgan fingerprint density at radius 2 is 0.947 bits per heavy atom. The topological polar surface area (TPSA) is 43.4 Å². The highest BCUT2D eigenvalue weighted by Crippen LogP contribution is 2.57. The van der Waals surface area contributed by atoms with E-state index in [0.29, 0.717) is 0 Å². The molecular weight excluding hydrogens is 918 g/mol. The molecule has 0 N–H and O–H groups in total. The van der Waals surface area contributed by atoms with Gasteiger partial charge in [0.15, 0.2) is 0 Å². The molecule has 0 fully saturated rings. The summed E-state index contributed by atoms with van der Waals surface area (Å²) in [4.78, 5) is 4.99. The lowest BCUT2D eigenvalue weighted by molar-refractivity contribution is 0.467. The van der Waals surface area contributed by atoms with Gasteiger partial charge < -0.3 is 28.7 Å². The minimum atomic E-state index is -0.422. The van der Waals surface area contributed by atoms with Crippen LogP contribution in [0.1, 0.15) is 25.0 Å². The molecule has 4 aliphatic heterocycles. The van der Waals surface area contributed by atoms with Crippen LogP contribution in [0, 0.1) is 0 Å². The lowest BCUT2D eigenvalue weighted by Crippen LogP contribution is -2.64. The number of fused-ring (bicyclic) bond motifs is 14. The Balaban J connectivity index is 0.974. The van der Waals surface area contributed by atoms with E-state index in [9.17, 15) is 0 Å². The zero-order valence-electron chi connectivity index (χ0n) is 41.1. The zero-order valence-corrected chi connectivity index (χ0v) is 41.1. The van der Waals surface area contributed by atoms with Crippen LogP contribution in [-0.2, 0) is 5.41 Å². The number of para-hydroxylation sites is 6. The van der Waals surface area contributed by atoms with Crippen molar-refractivity contribution in [1.29, 1.82) is 0 Å². The zero-order chi connectivity index (χ0) is 49.5. The van der Waals surface area contributed by atoms with Crippen LogP contribution >= 0.6 is 0 Å². The maximum atomic E-state index is 7.40. The molecule has 0 aromatic heterocycles. The molecule has 0 spiro atoms. The molecule has 75 heavy (non-hydrogen) atoms. The normalized spacial score (nSPS) is 14.2. The fourth-order valence-electron chi connectivity index (χ4n) is 13.0. The third-order valence-corrected chi connectivity index (χ3v) is 16.2. The third-order valence-electron chi connectivity index (χ3n) is 16.2. The summed E-state index contributed by atoms with van der Waals surface area (Å²) in [7, 11) is 0. The second-order valence-corrected chi connectivity index (χ2v) is 20.7. The van der Waals surface area contributed by atoms with Crippen molar-refractivity contribution in [3.05, 3.63) is 242 Å². The van der Waals surface area contributed by atoms with E-state index in [1.54, 1.807) is 0 Å². The highest BCUT2D eigenvalue weighted by atomic mass is 16.5. The van der Waals surface area contributed by atoms with Crippen LogP contribution in [0.3, 0.4) is 0 Å². The van der Waals surface area contributed by atoms with Crippen LogP contribution in [0.25, 0.3) is 21.9 Å². The van der Waals surface area contributed by atoms with E-state index in [2.05, 4.69) is 194 Å². The standard InChI is InChI=1S/C67H44B2N2O4/c1-67(2)51-37-47(73-45-25-13-6-14-26-45)32-34-49(51)50-38-58-63-66(62(50)67)75-60-30-18-16-28-53(60)68(63)54-39-55-57(40-56(54)70(58)42-19-7-3-8-20-42)71(43-21-9-4-10-22-43)65-48-33-31-46(72-44-23-11-5-12-24-44)35-41(48)36-61-64(65)69(55)52-27-15-17-29-59(52)74-61/h3-40H,1-2H3. The van der Waals surface area contributed by atoms with Crippen molar-refractivity contribution in [3.63, 3.8) is 0 Å². The van der Waals surface area contributed by atoms with E-state index in [1.165, 1.54) is 38.6 Å². The molecule has 0 unspecified atom stereocenters. The molecule has 352 valence electrons. The monoisotopic (exact) mass is 962 g/mol. The minimum absolute atomic E-state index is 0.147. The van der Waals surface area contributed by atoms with Crippen LogP contribution in [-0.4, -0.2) is 13.4 Å². The lowest BCUT2D eigenvalue weighted by atomic mass is 9.30. The molecule has 6 nitrogen and oxygen atoms in total. The van der Waals surface area contributed by atoms with Crippen molar-refractivity contribution >= 4 is 91.1 Å². The van der Waals surface area contributed by atoms with Crippen molar-refractivity contribution < 1.29 is 18.9 Å². The summed E-state index contributed by atoms with van der Waals surface area (Å²) in [6, 6.07) is 81.7. The van der Waals surface area contributed by atoms with E-state index in [-0.39, 0.29) is 13.4 Å². The highest BCUT2D eigenvalue weighted by molar-refractivity contribution is 7.02. The first-order valence-electron chi connectivity index (χ1n) is 25.8. The van der Waals surface area contributed by atoms with Gasteiger partial charge in [-0.25, -0.2) is 0 Å². The average Bonchev–Trinajstić information content (AvgIpc) is 3.87. The number of benzene rings is 11. The van der Waals surface area contributed by atoms with Crippen LogP contribution in [0.4, 0.5) is 34.1 Å².